The van der Waals surface area contributed by atoms with Crippen molar-refractivity contribution in [2.24, 2.45) is 0 Å². The van der Waals surface area contributed by atoms with Crippen LogP contribution in [0.5, 0.6) is 0 Å². The first-order valence-electron chi connectivity index (χ1n) is 6.66. The summed E-state index contributed by atoms with van der Waals surface area (Å²) in [5.74, 6) is -1.22. The van der Waals surface area contributed by atoms with Crippen molar-refractivity contribution in [3.05, 3.63) is 65.7 Å². The van der Waals surface area contributed by atoms with Gasteiger partial charge in [0.2, 0.25) is 0 Å². The molecule has 0 aliphatic carbocycles. The molecule has 1 unspecified atom stereocenters. The normalized spacial score (nSPS) is 12.9. The van der Waals surface area contributed by atoms with Gasteiger partial charge in [0, 0.05) is 6.54 Å². The van der Waals surface area contributed by atoms with Crippen molar-refractivity contribution in [1.82, 2.24) is 5.32 Å². The zero-order valence-electron chi connectivity index (χ0n) is 11.7. The Morgan fingerprint density at radius 3 is 2.32 bits per heavy atom. The lowest BCUT2D eigenvalue weighted by molar-refractivity contribution is 0.347. The molecule has 2 aromatic carbocycles. The van der Waals surface area contributed by atoms with Crippen LogP contribution in [0.25, 0.3) is 0 Å². The molecule has 6 nitrogen and oxygen atoms in total. The summed E-state index contributed by atoms with van der Waals surface area (Å²) < 4.78 is 11.7. The third kappa shape index (κ3) is 4.51. The molecule has 0 radical (unpaired) electrons. The monoisotopic (exact) mass is 321 g/mol. The minimum atomic E-state index is -4.46. The summed E-state index contributed by atoms with van der Waals surface area (Å²) in [4.78, 5) is 19.1. The van der Waals surface area contributed by atoms with Crippen molar-refractivity contribution in [2.75, 3.05) is 0 Å². The van der Waals surface area contributed by atoms with Crippen LogP contribution in [0.15, 0.2) is 54.6 Å². The molecule has 0 aromatic heterocycles. The summed E-state index contributed by atoms with van der Waals surface area (Å²) in [6, 6.07) is 15.1. The number of hydrogen-bond donors (Lipinski definition) is 5. The second kappa shape index (κ2) is 7.20. The van der Waals surface area contributed by atoms with E-state index in [4.69, 9.17) is 0 Å². The van der Waals surface area contributed by atoms with Crippen LogP contribution in [-0.2, 0) is 11.1 Å². The molecule has 116 valence electrons. The largest absolute Gasteiger partial charge is 0.488 e. The fourth-order valence-electron chi connectivity index (χ4n) is 2.13. The Morgan fingerprint density at radius 1 is 1.05 bits per heavy atom. The SMILES string of the molecule is O=P(O)(O)C(NCc1ccccc1)c1cccc(B(O)O)c1. The molecule has 8 heteroatoms. The summed E-state index contributed by atoms with van der Waals surface area (Å²) >= 11 is 0. The molecule has 2 rings (SSSR count). The molecular weight excluding hydrogens is 304 g/mol. The van der Waals surface area contributed by atoms with Gasteiger partial charge in [0.1, 0.15) is 5.78 Å². The summed E-state index contributed by atoms with van der Waals surface area (Å²) in [6.45, 7) is 0.280. The van der Waals surface area contributed by atoms with Crippen LogP contribution >= 0.6 is 7.60 Å². The lowest BCUT2D eigenvalue weighted by Crippen LogP contribution is -2.31. The first-order valence-corrected chi connectivity index (χ1v) is 8.34. The molecule has 0 bridgehead atoms. The molecule has 22 heavy (non-hydrogen) atoms. The van der Waals surface area contributed by atoms with Crippen molar-refractivity contribution in [1.29, 1.82) is 0 Å². The molecule has 5 N–H and O–H groups in total. The number of hydrogen-bond acceptors (Lipinski definition) is 4. The van der Waals surface area contributed by atoms with Gasteiger partial charge in [0.05, 0.1) is 0 Å². The van der Waals surface area contributed by atoms with Gasteiger partial charge >= 0.3 is 14.7 Å². The molecule has 0 saturated heterocycles. The first-order chi connectivity index (χ1) is 10.4. The predicted molar refractivity (Wildman–Crippen MR) is 84.3 cm³/mol. The molecule has 0 heterocycles. The Kier molecular flexibility index (Phi) is 5.53. The van der Waals surface area contributed by atoms with Gasteiger partial charge in [-0.05, 0) is 16.6 Å². The number of rotatable bonds is 6. The fourth-order valence-corrected chi connectivity index (χ4v) is 3.01. The van der Waals surface area contributed by atoms with Crippen molar-refractivity contribution in [3.8, 4) is 0 Å². The standard InChI is InChI=1S/C14H17BNO5P/c17-15(18)13-8-4-7-12(9-13)14(22(19,20)21)16-10-11-5-2-1-3-6-11/h1-9,14,16-18H,10H2,(H2,19,20,21). The van der Waals surface area contributed by atoms with E-state index in [1.54, 1.807) is 0 Å². The zero-order chi connectivity index (χ0) is 16.2. The average Bonchev–Trinajstić information content (AvgIpc) is 2.47. The molecular formula is C14H17BNO5P. The highest BCUT2D eigenvalue weighted by Gasteiger charge is 2.30. The third-order valence-electron chi connectivity index (χ3n) is 3.20. The van der Waals surface area contributed by atoms with E-state index in [9.17, 15) is 24.4 Å². The van der Waals surface area contributed by atoms with Crippen LogP contribution in [0.1, 0.15) is 16.9 Å². The first kappa shape index (κ1) is 16.9. The topological polar surface area (TPSA) is 110 Å². The van der Waals surface area contributed by atoms with Crippen molar-refractivity contribution < 1.29 is 24.4 Å². The van der Waals surface area contributed by atoms with Crippen molar-refractivity contribution >= 4 is 20.2 Å². The summed E-state index contributed by atoms with van der Waals surface area (Å²) in [5, 5.41) is 21.2. The number of benzene rings is 2. The Labute approximate surface area is 128 Å². The van der Waals surface area contributed by atoms with Crippen molar-refractivity contribution in [3.63, 3.8) is 0 Å². The Balaban J connectivity index is 2.23. The minimum Gasteiger partial charge on any atom is -0.423 e. The molecule has 0 aliphatic heterocycles. The average molecular weight is 321 g/mol. The van der Waals surface area contributed by atoms with Gasteiger partial charge in [0.25, 0.3) is 0 Å². The van der Waals surface area contributed by atoms with E-state index in [0.29, 0.717) is 5.56 Å². The van der Waals surface area contributed by atoms with E-state index in [1.165, 1.54) is 24.3 Å². The Bertz CT molecular complexity index is 661. The van der Waals surface area contributed by atoms with Gasteiger partial charge in [0.15, 0.2) is 0 Å². The molecule has 2 aromatic rings. The molecule has 0 saturated carbocycles. The van der Waals surface area contributed by atoms with E-state index < -0.39 is 20.5 Å². The third-order valence-corrected chi connectivity index (χ3v) is 4.36. The van der Waals surface area contributed by atoms with E-state index >= 15 is 0 Å². The van der Waals surface area contributed by atoms with Gasteiger partial charge in [-0.2, -0.15) is 0 Å². The van der Waals surface area contributed by atoms with Crippen LogP contribution in [0.3, 0.4) is 0 Å². The highest BCUT2D eigenvalue weighted by atomic mass is 31.2. The van der Waals surface area contributed by atoms with E-state index in [1.807, 2.05) is 30.3 Å². The highest BCUT2D eigenvalue weighted by molar-refractivity contribution is 7.52. The Hall–Kier alpha value is -1.47. The second-order valence-electron chi connectivity index (χ2n) is 4.90. The van der Waals surface area contributed by atoms with Gasteiger partial charge in [-0.15, -0.1) is 0 Å². The van der Waals surface area contributed by atoms with Gasteiger partial charge in [-0.3, -0.25) is 9.88 Å². The summed E-state index contributed by atoms with van der Waals surface area (Å²) in [6.07, 6.45) is 0. The van der Waals surface area contributed by atoms with Crippen LogP contribution in [0.2, 0.25) is 0 Å². The van der Waals surface area contributed by atoms with Crippen LogP contribution in [0.4, 0.5) is 0 Å². The van der Waals surface area contributed by atoms with Crippen molar-refractivity contribution in [2.45, 2.75) is 12.3 Å². The quantitative estimate of drug-likeness (QED) is 0.387. The van der Waals surface area contributed by atoms with E-state index in [0.717, 1.165) is 5.56 Å². The Morgan fingerprint density at radius 2 is 1.73 bits per heavy atom. The maximum atomic E-state index is 11.7. The lowest BCUT2D eigenvalue weighted by atomic mass is 9.79. The summed E-state index contributed by atoms with van der Waals surface area (Å²) in [7, 11) is -6.15. The van der Waals surface area contributed by atoms with Crippen LogP contribution < -0.4 is 10.8 Å². The minimum absolute atomic E-state index is 0.178. The molecule has 0 amide bonds. The predicted octanol–water partition coefficient (Wildman–Crippen LogP) is 0.332. The van der Waals surface area contributed by atoms with E-state index in [-0.39, 0.29) is 12.0 Å². The van der Waals surface area contributed by atoms with Gasteiger partial charge < -0.3 is 19.8 Å². The smallest absolute Gasteiger partial charge is 0.423 e. The lowest BCUT2D eigenvalue weighted by Gasteiger charge is -2.21. The molecule has 0 aliphatic rings. The summed E-state index contributed by atoms with van der Waals surface area (Å²) in [5.41, 5.74) is 1.37. The van der Waals surface area contributed by atoms with Gasteiger partial charge in [-0.25, -0.2) is 0 Å². The maximum absolute atomic E-state index is 11.7. The highest BCUT2D eigenvalue weighted by Crippen LogP contribution is 2.49. The number of nitrogens with one attached hydrogen (secondary N) is 1. The van der Waals surface area contributed by atoms with Gasteiger partial charge in [-0.1, -0.05) is 54.6 Å². The van der Waals surface area contributed by atoms with E-state index in [2.05, 4.69) is 5.32 Å². The van der Waals surface area contributed by atoms with Crippen LogP contribution in [-0.4, -0.2) is 27.0 Å². The fraction of sp³-hybridized carbons (Fsp3) is 0.143. The molecule has 0 fully saturated rings. The maximum Gasteiger partial charge on any atom is 0.488 e. The molecule has 0 spiro atoms. The zero-order valence-corrected chi connectivity index (χ0v) is 12.6. The van der Waals surface area contributed by atoms with Crippen LogP contribution in [0, 0.1) is 0 Å². The second-order valence-corrected chi connectivity index (χ2v) is 6.60. The molecule has 1 atom stereocenters.